The normalized spacial score (nSPS) is 12.7. The number of halogens is 3. The van der Waals surface area contributed by atoms with Gasteiger partial charge in [0.1, 0.15) is 5.92 Å². The smallest absolute Gasteiger partial charge is 0.416 e. The van der Waals surface area contributed by atoms with E-state index in [-0.39, 0.29) is 12.0 Å². The van der Waals surface area contributed by atoms with Crippen LogP contribution in [0.15, 0.2) is 54.6 Å². The molecule has 0 saturated heterocycles. The number of benzene rings is 2. The molecule has 2 aromatic carbocycles. The molecule has 3 nitrogen and oxygen atoms in total. The van der Waals surface area contributed by atoms with Crippen LogP contribution in [0.1, 0.15) is 21.5 Å². The van der Waals surface area contributed by atoms with Crippen molar-refractivity contribution >= 4 is 11.8 Å². The van der Waals surface area contributed by atoms with E-state index < -0.39 is 29.4 Å². The standard InChI is InChI=1S/C17H13F3O3/c18-17(19,20)13-8-6-11(7-9-13)10-14(16(22)23)15(21)12-4-2-1-3-5-12/h1-9,14H,10H2,(H,22,23). The summed E-state index contributed by atoms with van der Waals surface area (Å²) in [6, 6.07) is 12.1. The van der Waals surface area contributed by atoms with E-state index in [0.717, 1.165) is 12.1 Å². The van der Waals surface area contributed by atoms with Crippen molar-refractivity contribution in [1.82, 2.24) is 0 Å². The highest BCUT2D eigenvalue weighted by atomic mass is 19.4. The van der Waals surface area contributed by atoms with Crippen molar-refractivity contribution in [3.05, 3.63) is 71.3 Å². The Balaban J connectivity index is 2.20. The van der Waals surface area contributed by atoms with Gasteiger partial charge in [-0.05, 0) is 24.1 Å². The number of alkyl halides is 3. The summed E-state index contributed by atoms with van der Waals surface area (Å²) in [4.78, 5) is 23.6. The second kappa shape index (κ2) is 6.64. The molecule has 0 fully saturated rings. The van der Waals surface area contributed by atoms with Crippen LogP contribution in [-0.4, -0.2) is 16.9 Å². The summed E-state index contributed by atoms with van der Waals surface area (Å²) in [6.45, 7) is 0. The first-order chi connectivity index (χ1) is 10.8. The molecule has 120 valence electrons. The van der Waals surface area contributed by atoms with Crippen molar-refractivity contribution < 1.29 is 27.9 Å². The van der Waals surface area contributed by atoms with Crippen molar-refractivity contribution in [2.24, 2.45) is 5.92 Å². The lowest BCUT2D eigenvalue weighted by atomic mass is 9.91. The van der Waals surface area contributed by atoms with Gasteiger partial charge in [0, 0.05) is 5.56 Å². The largest absolute Gasteiger partial charge is 0.481 e. The molecule has 0 aliphatic heterocycles. The first-order valence-corrected chi connectivity index (χ1v) is 6.77. The molecule has 0 radical (unpaired) electrons. The average Bonchev–Trinajstić information content (AvgIpc) is 2.52. The zero-order chi connectivity index (χ0) is 17.0. The van der Waals surface area contributed by atoms with Crippen LogP contribution < -0.4 is 0 Å². The molecule has 1 atom stereocenters. The lowest BCUT2D eigenvalue weighted by molar-refractivity contribution is -0.140. The van der Waals surface area contributed by atoms with E-state index in [1.165, 1.54) is 24.3 Å². The Hall–Kier alpha value is -2.63. The van der Waals surface area contributed by atoms with Gasteiger partial charge in [-0.2, -0.15) is 13.2 Å². The Morgan fingerprint density at radius 3 is 2.00 bits per heavy atom. The molecular formula is C17H13F3O3. The van der Waals surface area contributed by atoms with E-state index in [2.05, 4.69) is 0 Å². The maximum Gasteiger partial charge on any atom is 0.416 e. The predicted molar refractivity (Wildman–Crippen MR) is 77.0 cm³/mol. The van der Waals surface area contributed by atoms with Gasteiger partial charge in [-0.1, -0.05) is 42.5 Å². The number of carbonyl (C=O) groups excluding carboxylic acids is 1. The molecule has 0 saturated carbocycles. The molecule has 2 rings (SSSR count). The number of hydrogen-bond donors (Lipinski definition) is 1. The van der Waals surface area contributed by atoms with E-state index in [0.29, 0.717) is 5.56 Å². The van der Waals surface area contributed by atoms with Crippen molar-refractivity contribution in [3.63, 3.8) is 0 Å². The Bertz CT molecular complexity index is 691. The van der Waals surface area contributed by atoms with Crippen molar-refractivity contribution in [1.29, 1.82) is 0 Å². The maximum absolute atomic E-state index is 12.5. The van der Waals surface area contributed by atoms with Crippen LogP contribution in [0.2, 0.25) is 0 Å². The Morgan fingerprint density at radius 1 is 0.957 bits per heavy atom. The van der Waals surface area contributed by atoms with Gasteiger partial charge in [0.2, 0.25) is 0 Å². The highest BCUT2D eigenvalue weighted by Crippen LogP contribution is 2.29. The fraction of sp³-hybridized carbons (Fsp3) is 0.176. The van der Waals surface area contributed by atoms with Crippen LogP contribution in [0.3, 0.4) is 0 Å². The lowest BCUT2D eigenvalue weighted by Gasteiger charge is -2.12. The first-order valence-electron chi connectivity index (χ1n) is 6.77. The van der Waals surface area contributed by atoms with Gasteiger partial charge < -0.3 is 5.11 Å². The number of ketones is 1. The van der Waals surface area contributed by atoms with Crippen molar-refractivity contribution in [2.75, 3.05) is 0 Å². The Kier molecular flexibility index (Phi) is 4.83. The summed E-state index contributed by atoms with van der Waals surface area (Å²) >= 11 is 0. The van der Waals surface area contributed by atoms with Crippen molar-refractivity contribution in [2.45, 2.75) is 12.6 Å². The summed E-state index contributed by atoms with van der Waals surface area (Å²) in [7, 11) is 0. The zero-order valence-corrected chi connectivity index (χ0v) is 11.9. The topological polar surface area (TPSA) is 54.4 Å². The van der Waals surface area contributed by atoms with E-state index in [4.69, 9.17) is 0 Å². The first kappa shape index (κ1) is 16.7. The van der Waals surface area contributed by atoms with Crippen LogP contribution in [0.25, 0.3) is 0 Å². The molecule has 0 amide bonds. The van der Waals surface area contributed by atoms with Gasteiger partial charge in [-0.25, -0.2) is 0 Å². The summed E-state index contributed by atoms with van der Waals surface area (Å²) in [5.41, 5.74) is -0.205. The highest BCUT2D eigenvalue weighted by Gasteiger charge is 2.31. The minimum absolute atomic E-state index is 0.165. The zero-order valence-electron chi connectivity index (χ0n) is 11.9. The van der Waals surface area contributed by atoms with Crippen LogP contribution in [-0.2, 0) is 17.4 Å². The second-order valence-electron chi connectivity index (χ2n) is 5.02. The van der Waals surface area contributed by atoms with E-state index in [1.807, 2.05) is 0 Å². The molecule has 0 aromatic heterocycles. The number of rotatable bonds is 5. The Labute approximate surface area is 130 Å². The predicted octanol–water partition coefficient (Wildman–Crippen LogP) is 3.83. The average molecular weight is 322 g/mol. The number of aliphatic carboxylic acids is 1. The molecule has 2 aromatic rings. The molecular weight excluding hydrogens is 309 g/mol. The molecule has 6 heteroatoms. The van der Waals surface area contributed by atoms with Gasteiger partial charge >= 0.3 is 12.1 Å². The third-order valence-corrected chi connectivity index (χ3v) is 3.39. The van der Waals surface area contributed by atoms with Gasteiger partial charge in [0.25, 0.3) is 0 Å². The van der Waals surface area contributed by atoms with Crippen LogP contribution >= 0.6 is 0 Å². The van der Waals surface area contributed by atoms with Crippen LogP contribution in [0, 0.1) is 5.92 Å². The number of carbonyl (C=O) groups is 2. The summed E-state index contributed by atoms with van der Waals surface area (Å²) in [6.07, 6.45) is -4.62. The lowest BCUT2D eigenvalue weighted by Crippen LogP contribution is -2.26. The molecule has 0 bridgehead atoms. The monoisotopic (exact) mass is 322 g/mol. The molecule has 0 heterocycles. The third-order valence-electron chi connectivity index (χ3n) is 3.39. The van der Waals surface area contributed by atoms with E-state index >= 15 is 0 Å². The second-order valence-corrected chi connectivity index (χ2v) is 5.02. The Morgan fingerprint density at radius 2 is 1.52 bits per heavy atom. The third kappa shape index (κ3) is 4.18. The van der Waals surface area contributed by atoms with Gasteiger partial charge in [-0.15, -0.1) is 0 Å². The molecule has 0 aliphatic carbocycles. The fourth-order valence-corrected chi connectivity index (χ4v) is 2.16. The molecule has 0 aliphatic rings. The van der Waals surface area contributed by atoms with Crippen LogP contribution in [0.4, 0.5) is 13.2 Å². The van der Waals surface area contributed by atoms with Gasteiger partial charge in [0.05, 0.1) is 5.56 Å². The summed E-state index contributed by atoms with van der Waals surface area (Å²) < 4.78 is 37.5. The molecule has 23 heavy (non-hydrogen) atoms. The quantitative estimate of drug-likeness (QED) is 0.672. The van der Waals surface area contributed by atoms with Crippen LogP contribution in [0.5, 0.6) is 0 Å². The minimum Gasteiger partial charge on any atom is -0.481 e. The fourth-order valence-electron chi connectivity index (χ4n) is 2.16. The number of carboxylic acid groups (broad SMARTS) is 1. The summed E-state index contributed by atoms with van der Waals surface area (Å²) in [5.74, 6) is -3.22. The maximum atomic E-state index is 12.5. The van der Waals surface area contributed by atoms with Gasteiger partial charge in [0.15, 0.2) is 5.78 Å². The number of carboxylic acids is 1. The minimum atomic E-state index is -4.45. The SMILES string of the molecule is O=C(O)C(Cc1ccc(C(F)(F)F)cc1)C(=O)c1ccccc1. The molecule has 0 spiro atoms. The summed E-state index contributed by atoms with van der Waals surface area (Å²) in [5, 5.41) is 9.25. The van der Waals surface area contributed by atoms with Gasteiger partial charge in [-0.3, -0.25) is 9.59 Å². The molecule has 1 N–H and O–H groups in total. The highest BCUT2D eigenvalue weighted by molar-refractivity contribution is 6.08. The van der Waals surface area contributed by atoms with E-state index in [9.17, 15) is 27.9 Å². The van der Waals surface area contributed by atoms with E-state index in [1.54, 1.807) is 18.2 Å². The number of Topliss-reactive ketones (excluding diaryl/α,β-unsaturated/α-hetero) is 1. The van der Waals surface area contributed by atoms with Crippen molar-refractivity contribution in [3.8, 4) is 0 Å². The number of hydrogen-bond acceptors (Lipinski definition) is 2. The molecule has 1 unspecified atom stereocenters.